The molecule has 1 aliphatic heterocycles. The molecule has 1 aliphatic carbocycles. The van der Waals surface area contributed by atoms with Crippen LogP contribution in [0, 0.1) is 24.7 Å². The number of allylic oxidation sites excluding steroid dienone is 2. The summed E-state index contributed by atoms with van der Waals surface area (Å²) in [7, 11) is 0. The minimum absolute atomic E-state index is 0.00963. The van der Waals surface area contributed by atoms with Gasteiger partial charge in [-0.1, -0.05) is 31.2 Å². The van der Waals surface area contributed by atoms with Gasteiger partial charge in [-0.3, -0.25) is 19.3 Å². The summed E-state index contributed by atoms with van der Waals surface area (Å²) in [6, 6.07) is 13.4. The van der Waals surface area contributed by atoms with Crippen molar-refractivity contribution in [3.8, 4) is 0 Å². The molecule has 0 aromatic heterocycles. The zero-order valence-corrected chi connectivity index (χ0v) is 17.9. The van der Waals surface area contributed by atoms with Crippen LogP contribution in [-0.2, 0) is 19.1 Å². The van der Waals surface area contributed by atoms with E-state index in [0.717, 1.165) is 5.56 Å². The monoisotopic (exact) mass is 432 g/mol. The molecule has 7 nitrogen and oxygen atoms in total. The van der Waals surface area contributed by atoms with E-state index in [0.29, 0.717) is 17.8 Å². The Morgan fingerprint density at radius 3 is 2.53 bits per heavy atom. The number of nitrogens with zero attached hydrogens (tertiary/aromatic N) is 1. The Hall–Kier alpha value is -3.74. The molecule has 2 aromatic carbocycles. The number of carbonyl (C=O) groups excluding carboxylic acids is 4. The van der Waals surface area contributed by atoms with E-state index in [1.54, 1.807) is 18.2 Å². The molecule has 1 saturated heterocycles. The Morgan fingerprint density at radius 2 is 1.84 bits per heavy atom. The van der Waals surface area contributed by atoms with Crippen molar-refractivity contribution in [2.75, 3.05) is 16.8 Å². The van der Waals surface area contributed by atoms with E-state index in [1.807, 2.05) is 44.2 Å². The van der Waals surface area contributed by atoms with Gasteiger partial charge in [0.1, 0.15) is 0 Å². The molecular weight excluding hydrogens is 408 g/mol. The molecule has 3 atom stereocenters. The molecule has 0 unspecified atom stereocenters. The Balaban J connectivity index is 1.37. The first-order valence-electron chi connectivity index (χ1n) is 10.5. The Bertz CT molecular complexity index is 1110. The minimum atomic E-state index is -0.665. The molecule has 1 fully saturated rings. The number of benzene rings is 2. The van der Waals surface area contributed by atoms with Gasteiger partial charge in [0.25, 0.3) is 5.91 Å². The fraction of sp³-hybridized carbons (Fsp3) is 0.280. The summed E-state index contributed by atoms with van der Waals surface area (Å²) in [5, 5.41) is 2.67. The second-order valence-electron chi connectivity index (χ2n) is 8.21. The number of aryl methyl sites for hydroxylation is 1. The molecule has 2 aliphatic rings. The van der Waals surface area contributed by atoms with Crippen molar-refractivity contribution in [2.45, 2.75) is 20.3 Å². The highest BCUT2D eigenvalue weighted by Crippen LogP contribution is 2.40. The lowest BCUT2D eigenvalue weighted by Gasteiger charge is -2.22. The van der Waals surface area contributed by atoms with Crippen LogP contribution in [0.1, 0.15) is 29.3 Å². The quantitative estimate of drug-likeness (QED) is 0.444. The smallest absolute Gasteiger partial charge is 0.338 e. The lowest BCUT2D eigenvalue weighted by atomic mass is 9.78. The van der Waals surface area contributed by atoms with Crippen LogP contribution in [-0.4, -0.2) is 30.3 Å². The fourth-order valence-corrected chi connectivity index (χ4v) is 4.28. The van der Waals surface area contributed by atoms with E-state index in [2.05, 4.69) is 5.32 Å². The summed E-state index contributed by atoms with van der Waals surface area (Å²) in [5.74, 6) is -2.20. The average molecular weight is 432 g/mol. The number of carbonyl (C=O) groups is 4. The number of hydrogen-bond donors (Lipinski definition) is 1. The third kappa shape index (κ3) is 4.19. The van der Waals surface area contributed by atoms with Crippen molar-refractivity contribution in [3.63, 3.8) is 0 Å². The zero-order chi connectivity index (χ0) is 22.8. The van der Waals surface area contributed by atoms with Crippen molar-refractivity contribution in [2.24, 2.45) is 17.8 Å². The number of esters is 1. The van der Waals surface area contributed by atoms with Crippen LogP contribution in [0.4, 0.5) is 11.4 Å². The summed E-state index contributed by atoms with van der Waals surface area (Å²) in [6.07, 6.45) is 4.49. The van der Waals surface area contributed by atoms with Crippen LogP contribution < -0.4 is 10.2 Å². The zero-order valence-electron chi connectivity index (χ0n) is 17.9. The lowest BCUT2D eigenvalue weighted by Crippen LogP contribution is -2.31. The highest BCUT2D eigenvalue weighted by molar-refractivity contribution is 6.22. The number of imide groups is 1. The third-order valence-electron chi connectivity index (χ3n) is 5.87. The van der Waals surface area contributed by atoms with E-state index in [1.165, 1.54) is 17.0 Å². The first kappa shape index (κ1) is 21.5. The van der Waals surface area contributed by atoms with E-state index in [9.17, 15) is 19.2 Å². The summed E-state index contributed by atoms with van der Waals surface area (Å²) in [5.41, 5.74) is 2.28. The number of rotatable bonds is 5. The second kappa shape index (κ2) is 8.78. The number of anilines is 2. The van der Waals surface area contributed by atoms with Crippen molar-refractivity contribution < 1.29 is 23.9 Å². The maximum Gasteiger partial charge on any atom is 0.338 e. The normalized spacial score (nSPS) is 21.9. The van der Waals surface area contributed by atoms with Crippen LogP contribution >= 0.6 is 0 Å². The Kier molecular flexibility index (Phi) is 5.90. The summed E-state index contributed by atoms with van der Waals surface area (Å²) >= 11 is 0. The number of amides is 3. The lowest BCUT2D eigenvalue weighted by molar-refractivity contribution is -0.123. The maximum absolute atomic E-state index is 12.9. The van der Waals surface area contributed by atoms with Crippen LogP contribution in [0.15, 0.2) is 60.7 Å². The molecule has 164 valence electrons. The van der Waals surface area contributed by atoms with Gasteiger partial charge in [-0.2, -0.15) is 0 Å². The van der Waals surface area contributed by atoms with Crippen molar-refractivity contribution >= 4 is 35.1 Å². The van der Waals surface area contributed by atoms with Gasteiger partial charge in [0, 0.05) is 5.69 Å². The second-order valence-corrected chi connectivity index (χ2v) is 8.21. The highest BCUT2D eigenvalue weighted by Gasteiger charge is 2.50. The summed E-state index contributed by atoms with van der Waals surface area (Å²) in [4.78, 5) is 51.2. The van der Waals surface area contributed by atoms with Gasteiger partial charge in [-0.25, -0.2) is 4.79 Å². The average Bonchev–Trinajstić information content (AvgIpc) is 3.03. The SMILES string of the molecule is Cc1cccc(NC(=O)COC(=O)c2ccc(N3C(=O)[C@H]4[C@H](C)C=CC[C@H]4C3=O)cc2)c1. The van der Waals surface area contributed by atoms with Gasteiger partial charge in [0.15, 0.2) is 6.61 Å². The molecule has 32 heavy (non-hydrogen) atoms. The van der Waals surface area contributed by atoms with Crippen LogP contribution in [0.5, 0.6) is 0 Å². The standard InChI is InChI=1S/C25H24N2O5/c1-15-5-3-7-18(13-15)26-21(28)14-32-25(31)17-9-11-19(12-10-17)27-23(29)20-8-4-6-16(2)22(20)24(27)30/h3-7,9-13,16,20,22H,8,14H2,1-2H3,(H,26,28)/t16-,20-,22+/m1/s1. The van der Waals surface area contributed by atoms with Gasteiger partial charge in [-0.05, 0) is 61.2 Å². The Morgan fingerprint density at radius 1 is 1.09 bits per heavy atom. The predicted molar refractivity (Wildman–Crippen MR) is 119 cm³/mol. The van der Waals surface area contributed by atoms with Crippen LogP contribution in [0.3, 0.4) is 0 Å². The molecule has 4 rings (SSSR count). The molecule has 0 spiro atoms. The van der Waals surface area contributed by atoms with E-state index >= 15 is 0 Å². The first-order valence-corrected chi connectivity index (χ1v) is 10.5. The topological polar surface area (TPSA) is 92.8 Å². The largest absolute Gasteiger partial charge is 0.452 e. The molecule has 3 amide bonds. The van der Waals surface area contributed by atoms with Crippen LogP contribution in [0.25, 0.3) is 0 Å². The van der Waals surface area contributed by atoms with E-state index in [-0.39, 0.29) is 35.1 Å². The van der Waals surface area contributed by atoms with Gasteiger partial charge < -0.3 is 10.1 Å². The molecule has 0 radical (unpaired) electrons. The van der Waals surface area contributed by atoms with Crippen molar-refractivity contribution in [3.05, 3.63) is 71.8 Å². The first-order chi connectivity index (χ1) is 15.3. The number of hydrogen-bond acceptors (Lipinski definition) is 5. The number of ether oxygens (including phenoxy) is 1. The summed E-state index contributed by atoms with van der Waals surface area (Å²) < 4.78 is 5.08. The Labute approximate surface area is 186 Å². The molecular formula is C25H24N2O5. The molecule has 7 heteroatoms. The van der Waals surface area contributed by atoms with Crippen molar-refractivity contribution in [1.29, 1.82) is 0 Å². The molecule has 1 N–H and O–H groups in total. The minimum Gasteiger partial charge on any atom is -0.452 e. The number of fused-ring (bicyclic) bond motifs is 1. The maximum atomic E-state index is 12.9. The van der Waals surface area contributed by atoms with Gasteiger partial charge in [-0.15, -0.1) is 0 Å². The van der Waals surface area contributed by atoms with Gasteiger partial charge in [0.2, 0.25) is 11.8 Å². The fourth-order valence-electron chi connectivity index (χ4n) is 4.28. The molecule has 0 bridgehead atoms. The summed E-state index contributed by atoms with van der Waals surface area (Å²) in [6.45, 7) is 3.43. The molecule has 2 aromatic rings. The van der Waals surface area contributed by atoms with Crippen LogP contribution in [0.2, 0.25) is 0 Å². The predicted octanol–water partition coefficient (Wildman–Crippen LogP) is 3.49. The van der Waals surface area contributed by atoms with E-state index in [4.69, 9.17) is 4.74 Å². The highest BCUT2D eigenvalue weighted by atomic mass is 16.5. The molecule has 1 heterocycles. The van der Waals surface area contributed by atoms with Crippen molar-refractivity contribution in [1.82, 2.24) is 0 Å². The van der Waals surface area contributed by atoms with E-state index < -0.39 is 18.5 Å². The molecule has 0 saturated carbocycles. The van der Waals surface area contributed by atoms with Gasteiger partial charge >= 0.3 is 5.97 Å². The van der Waals surface area contributed by atoms with Gasteiger partial charge in [0.05, 0.1) is 23.1 Å². The third-order valence-corrected chi connectivity index (χ3v) is 5.87. The number of nitrogens with one attached hydrogen (secondary N) is 1.